The fraction of sp³-hybridized carbons (Fsp3) is 0.438. The third kappa shape index (κ3) is 3.57. The van der Waals surface area contributed by atoms with Crippen LogP contribution in [0.4, 0.5) is 0 Å². The fourth-order valence-corrected chi connectivity index (χ4v) is 2.80. The molecule has 0 bridgehead atoms. The number of rotatable bonds is 4. The molecule has 23 heavy (non-hydrogen) atoms. The lowest BCUT2D eigenvalue weighted by Crippen LogP contribution is -2.38. The largest absolute Gasteiger partial charge is 0.392 e. The van der Waals surface area contributed by atoms with E-state index in [1.54, 1.807) is 35.1 Å². The normalized spacial score (nSPS) is 20.7. The number of aliphatic hydroxyl groups is 1. The maximum atomic E-state index is 12.5. The van der Waals surface area contributed by atoms with E-state index >= 15 is 0 Å². The molecule has 3 rings (SSSR count). The predicted molar refractivity (Wildman–Crippen MR) is 85.8 cm³/mol. The van der Waals surface area contributed by atoms with Crippen LogP contribution in [0, 0.1) is 0 Å². The average molecular weight is 315 g/mol. The van der Waals surface area contributed by atoms with E-state index in [-0.39, 0.29) is 18.1 Å². The van der Waals surface area contributed by atoms with Gasteiger partial charge in [-0.05, 0) is 18.6 Å². The van der Waals surface area contributed by atoms with Crippen LogP contribution in [0.2, 0.25) is 0 Å². The van der Waals surface area contributed by atoms with Crippen LogP contribution in [-0.4, -0.2) is 63.0 Å². The Hall–Kier alpha value is -2.25. The molecule has 1 aliphatic rings. The van der Waals surface area contributed by atoms with Gasteiger partial charge in [0.2, 0.25) is 0 Å². The molecule has 7 nitrogen and oxygen atoms in total. The molecule has 1 aromatic carbocycles. The average Bonchev–Trinajstić information content (AvgIpc) is 3.15. The van der Waals surface area contributed by atoms with Crippen molar-refractivity contribution in [2.45, 2.75) is 18.6 Å². The summed E-state index contributed by atoms with van der Waals surface area (Å²) in [6, 6.07) is 7.45. The van der Waals surface area contributed by atoms with Crippen molar-refractivity contribution in [2.24, 2.45) is 7.05 Å². The summed E-state index contributed by atoms with van der Waals surface area (Å²) in [6.07, 6.45) is 2.02. The number of aryl methyl sites for hydroxylation is 1. The first kappa shape index (κ1) is 15.6. The molecule has 0 spiro atoms. The van der Waals surface area contributed by atoms with Crippen molar-refractivity contribution in [3.05, 3.63) is 36.2 Å². The van der Waals surface area contributed by atoms with Crippen LogP contribution in [0.5, 0.6) is 0 Å². The van der Waals surface area contributed by atoms with E-state index in [0.717, 1.165) is 5.56 Å². The van der Waals surface area contributed by atoms with Crippen LogP contribution in [-0.2, 0) is 7.05 Å². The van der Waals surface area contributed by atoms with Gasteiger partial charge >= 0.3 is 0 Å². The molecule has 2 heterocycles. The molecule has 122 valence electrons. The van der Waals surface area contributed by atoms with E-state index < -0.39 is 0 Å². The van der Waals surface area contributed by atoms with Gasteiger partial charge in [0.05, 0.1) is 6.10 Å². The zero-order valence-electron chi connectivity index (χ0n) is 13.3. The van der Waals surface area contributed by atoms with Crippen molar-refractivity contribution in [3.8, 4) is 11.4 Å². The minimum Gasteiger partial charge on any atom is -0.392 e. The summed E-state index contributed by atoms with van der Waals surface area (Å²) in [5, 5.41) is 17.0. The van der Waals surface area contributed by atoms with Gasteiger partial charge in [-0.2, -0.15) is 5.10 Å². The van der Waals surface area contributed by atoms with Crippen molar-refractivity contribution in [3.63, 3.8) is 0 Å². The summed E-state index contributed by atoms with van der Waals surface area (Å²) >= 11 is 0. The summed E-state index contributed by atoms with van der Waals surface area (Å²) in [6.45, 7) is 1.18. The van der Waals surface area contributed by atoms with Gasteiger partial charge in [-0.15, -0.1) is 0 Å². The molecule has 2 aromatic rings. The number of aliphatic hydroxyl groups excluding tert-OH is 1. The second-order valence-corrected chi connectivity index (χ2v) is 6.00. The highest BCUT2D eigenvalue weighted by Crippen LogP contribution is 2.16. The van der Waals surface area contributed by atoms with Crippen LogP contribution < -0.4 is 5.32 Å². The maximum Gasteiger partial charge on any atom is 0.253 e. The number of likely N-dealkylation sites (N-methyl/N-ethyl adjacent to an activating group) is 1. The Morgan fingerprint density at radius 3 is 2.74 bits per heavy atom. The lowest BCUT2D eigenvalue weighted by Gasteiger charge is -2.21. The van der Waals surface area contributed by atoms with Crippen molar-refractivity contribution >= 4 is 5.91 Å². The Morgan fingerprint density at radius 2 is 2.17 bits per heavy atom. The SMILES string of the molecule is CN(C[C@@H]1C[C@@H](O)CN1)C(=O)c1ccc(-c2ncn(C)n2)cc1. The number of benzene rings is 1. The number of nitrogens with zero attached hydrogens (tertiary/aromatic N) is 4. The summed E-state index contributed by atoms with van der Waals surface area (Å²) in [4.78, 5) is 18.3. The molecule has 1 saturated heterocycles. The van der Waals surface area contributed by atoms with Crippen LogP contribution in [0.25, 0.3) is 11.4 Å². The molecular weight excluding hydrogens is 294 g/mol. The first-order chi connectivity index (χ1) is 11.0. The summed E-state index contributed by atoms with van der Waals surface area (Å²) in [5.74, 6) is 0.609. The van der Waals surface area contributed by atoms with Crippen LogP contribution >= 0.6 is 0 Å². The number of amides is 1. The van der Waals surface area contributed by atoms with Crippen LogP contribution in [0.3, 0.4) is 0 Å². The lowest BCUT2D eigenvalue weighted by atomic mass is 10.1. The maximum absolute atomic E-state index is 12.5. The highest BCUT2D eigenvalue weighted by atomic mass is 16.3. The molecule has 1 fully saturated rings. The van der Waals surface area contributed by atoms with Gasteiger partial charge in [-0.1, -0.05) is 12.1 Å². The second-order valence-electron chi connectivity index (χ2n) is 6.00. The summed E-state index contributed by atoms with van der Waals surface area (Å²) < 4.78 is 1.64. The summed E-state index contributed by atoms with van der Waals surface area (Å²) in [7, 11) is 3.60. The molecule has 0 radical (unpaired) electrons. The quantitative estimate of drug-likeness (QED) is 0.846. The molecule has 0 unspecified atom stereocenters. The van der Waals surface area contributed by atoms with Gasteiger partial charge in [0.15, 0.2) is 5.82 Å². The van der Waals surface area contributed by atoms with Crippen molar-refractivity contribution in [2.75, 3.05) is 20.1 Å². The molecule has 1 aliphatic heterocycles. The molecule has 1 aromatic heterocycles. The van der Waals surface area contributed by atoms with E-state index in [9.17, 15) is 9.90 Å². The van der Waals surface area contributed by atoms with E-state index in [1.807, 2.05) is 19.2 Å². The third-order valence-electron chi connectivity index (χ3n) is 4.03. The van der Waals surface area contributed by atoms with E-state index in [2.05, 4.69) is 15.4 Å². The fourth-order valence-electron chi connectivity index (χ4n) is 2.80. The smallest absolute Gasteiger partial charge is 0.253 e. The Morgan fingerprint density at radius 1 is 1.43 bits per heavy atom. The van der Waals surface area contributed by atoms with Crippen LogP contribution in [0.1, 0.15) is 16.8 Å². The Balaban J connectivity index is 1.65. The van der Waals surface area contributed by atoms with Gasteiger partial charge < -0.3 is 15.3 Å². The number of β-amino-alcohol motifs (C(OH)–C–C–N with tert-alkyl or cyclic N) is 1. The van der Waals surface area contributed by atoms with E-state index in [1.165, 1.54) is 0 Å². The lowest BCUT2D eigenvalue weighted by molar-refractivity contribution is 0.0781. The standard InChI is InChI=1S/C16H21N5O2/c1-20(9-13-7-14(22)8-17-13)16(23)12-5-3-11(4-6-12)15-18-10-21(2)19-15/h3-6,10,13-14,17,22H,7-9H2,1-2H3/t13-,14+/m0/s1. The molecule has 1 amide bonds. The molecule has 2 atom stereocenters. The highest BCUT2D eigenvalue weighted by Gasteiger charge is 2.24. The zero-order valence-corrected chi connectivity index (χ0v) is 13.3. The number of hydrogen-bond donors (Lipinski definition) is 2. The van der Waals surface area contributed by atoms with Gasteiger partial charge in [0, 0.05) is 44.4 Å². The van der Waals surface area contributed by atoms with Crippen molar-refractivity contribution < 1.29 is 9.90 Å². The third-order valence-corrected chi connectivity index (χ3v) is 4.03. The summed E-state index contributed by atoms with van der Waals surface area (Å²) in [5.41, 5.74) is 1.51. The van der Waals surface area contributed by atoms with Gasteiger partial charge in [-0.25, -0.2) is 4.98 Å². The molecular formula is C16H21N5O2. The monoisotopic (exact) mass is 315 g/mol. The van der Waals surface area contributed by atoms with E-state index in [0.29, 0.717) is 30.9 Å². The molecule has 2 N–H and O–H groups in total. The minimum absolute atomic E-state index is 0.0336. The molecule has 0 saturated carbocycles. The second kappa shape index (κ2) is 6.47. The number of carbonyl (C=O) groups excluding carboxylic acids is 1. The first-order valence-corrected chi connectivity index (χ1v) is 7.66. The van der Waals surface area contributed by atoms with Crippen LogP contribution in [0.15, 0.2) is 30.6 Å². The Kier molecular flexibility index (Phi) is 4.40. The van der Waals surface area contributed by atoms with Crippen molar-refractivity contribution in [1.29, 1.82) is 0 Å². The van der Waals surface area contributed by atoms with Gasteiger partial charge in [0.1, 0.15) is 6.33 Å². The number of carbonyl (C=O) groups is 1. The highest BCUT2D eigenvalue weighted by molar-refractivity contribution is 5.94. The first-order valence-electron chi connectivity index (χ1n) is 7.66. The predicted octanol–water partition coefficient (Wildman–Crippen LogP) is 0.277. The zero-order chi connectivity index (χ0) is 16.4. The van der Waals surface area contributed by atoms with Gasteiger partial charge in [-0.3, -0.25) is 9.48 Å². The number of nitrogens with one attached hydrogen (secondary N) is 1. The Bertz CT molecular complexity index is 682. The Labute approximate surface area is 134 Å². The number of hydrogen-bond acceptors (Lipinski definition) is 5. The topological polar surface area (TPSA) is 83.3 Å². The van der Waals surface area contributed by atoms with E-state index in [4.69, 9.17) is 0 Å². The van der Waals surface area contributed by atoms with Crippen molar-refractivity contribution in [1.82, 2.24) is 25.0 Å². The minimum atomic E-state index is -0.311. The molecule has 7 heteroatoms. The molecule has 0 aliphatic carbocycles. The van der Waals surface area contributed by atoms with Gasteiger partial charge in [0.25, 0.3) is 5.91 Å². The number of aromatic nitrogens is 3.